The average molecular weight is 376 g/mol. The number of aliphatic imine (C=N–C) groups is 2. The summed E-state index contributed by atoms with van der Waals surface area (Å²) in [5.41, 5.74) is 7.62. The zero-order valence-corrected chi connectivity index (χ0v) is 15.6. The number of allylic oxidation sites excluding steroid dienone is 1. The minimum Gasteiger partial charge on any atom is -0.421 e. The molecular formula is C17H22ClN7O. The van der Waals surface area contributed by atoms with Crippen molar-refractivity contribution in [3.05, 3.63) is 22.7 Å². The summed E-state index contributed by atoms with van der Waals surface area (Å²) in [6, 6.07) is 0.295. The number of fused-ring (bicyclic) bond motifs is 1. The Balaban J connectivity index is 2.11. The molecule has 0 amide bonds. The van der Waals surface area contributed by atoms with Gasteiger partial charge in [-0.25, -0.2) is 0 Å². The maximum Gasteiger partial charge on any atom is 0.326 e. The molecular weight excluding hydrogens is 354 g/mol. The second-order valence-corrected chi connectivity index (χ2v) is 6.40. The third kappa shape index (κ3) is 3.56. The molecule has 2 aromatic heterocycles. The van der Waals surface area contributed by atoms with Crippen LogP contribution in [0.3, 0.4) is 0 Å². The van der Waals surface area contributed by atoms with Crippen LogP contribution in [0.25, 0.3) is 11.0 Å². The lowest BCUT2D eigenvalue weighted by atomic mass is 10.3. The van der Waals surface area contributed by atoms with E-state index in [0.717, 1.165) is 36.3 Å². The average Bonchev–Trinajstić information content (AvgIpc) is 3.18. The first-order valence-corrected chi connectivity index (χ1v) is 8.79. The molecule has 0 bridgehead atoms. The van der Waals surface area contributed by atoms with Gasteiger partial charge < -0.3 is 20.4 Å². The van der Waals surface area contributed by atoms with Crippen molar-refractivity contribution in [2.75, 3.05) is 25.0 Å². The molecule has 3 heterocycles. The maximum atomic E-state index is 6.57. The lowest BCUT2D eigenvalue weighted by molar-refractivity contribution is 0.419. The minimum atomic E-state index is 0.111. The van der Waals surface area contributed by atoms with Gasteiger partial charge in [0.2, 0.25) is 0 Å². The number of rotatable bonds is 6. The SMILES string of the molecule is C=N/C=C(\C=N/C)Oc1nc(N2CC[C@@H](N)C2)c2c(Cl)c(CC)[nH]c2n1. The number of anilines is 1. The highest BCUT2D eigenvalue weighted by atomic mass is 35.5. The number of ether oxygens (including phenoxy) is 1. The van der Waals surface area contributed by atoms with Gasteiger partial charge in [0.15, 0.2) is 5.76 Å². The van der Waals surface area contributed by atoms with E-state index in [1.54, 1.807) is 7.05 Å². The number of aromatic amines is 1. The third-order valence-electron chi connectivity index (χ3n) is 4.18. The van der Waals surface area contributed by atoms with Crippen molar-refractivity contribution in [2.24, 2.45) is 15.7 Å². The van der Waals surface area contributed by atoms with E-state index in [1.807, 2.05) is 6.92 Å². The van der Waals surface area contributed by atoms with Crippen LogP contribution in [-0.4, -0.2) is 54.1 Å². The summed E-state index contributed by atoms with van der Waals surface area (Å²) in [5.74, 6) is 1.11. The number of H-pyrrole nitrogens is 1. The number of halogens is 1. The van der Waals surface area contributed by atoms with Gasteiger partial charge in [0, 0.05) is 31.9 Å². The Kier molecular flexibility index (Phi) is 5.53. The van der Waals surface area contributed by atoms with E-state index in [-0.39, 0.29) is 12.1 Å². The van der Waals surface area contributed by atoms with Gasteiger partial charge in [0.05, 0.1) is 22.8 Å². The van der Waals surface area contributed by atoms with E-state index in [4.69, 9.17) is 22.1 Å². The molecule has 3 rings (SSSR count). The molecule has 3 N–H and O–H groups in total. The molecule has 26 heavy (non-hydrogen) atoms. The number of nitrogens with one attached hydrogen (secondary N) is 1. The molecule has 1 saturated heterocycles. The second kappa shape index (κ2) is 7.84. The van der Waals surface area contributed by atoms with Crippen molar-refractivity contribution in [1.29, 1.82) is 0 Å². The fourth-order valence-electron chi connectivity index (χ4n) is 2.98. The molecule has 138 valence electrons. The number of nitrogens with two attached hydrogens (primary N) is 1. The molecule has 0 radical (unpaired) electrons. The van der Waals surface area contributed by atoms with E-state index < -0.39 is 0 Å². The number of hydrogen-bond acceptors (Lipinski definition) is 7. The van der Waals surface area contributed by atoms with Crippen molar-refractivity contribution in [3.8, 4) is 6.01 Å². The predicted octanol–water partition coefficient (Wildman–Crippen LogP) is 2.33. The van der Waals surface area contributed by atoms with Gasteiger partial charge in [0.25, 0.3) is 0 Å². The molecule has 9 heteroatoms. The van der Waals surface area contributed by atoms with Crippen LogP contribution in [0.5, 0.6) is 6.01 Å². The van der Waals surface area contributed by atoms with Gasteiger partial charge in [-0.1, -0.05) is 18.5 Å². The third-order valence-corrected chi connectivity index (χ3v) is 4.60. The van der Waals surface area contributed by atoms with Gasteiger partial charge in [-0.3, -0.25) is 9.98 Å². The van der Waals surface area contributed by atoms with Crippen LogP contribution in [0.15, 0.2) is 21.9 Å². The highest BCUT2D eigenvalue weighted by Crippen LogP contribution is 2.36. The van der Waals surface area contributed by atoms with Crippen LogP contribution in [0.1, 0.15) is 19.0 Å². The van der Waals surface area contributed by atoms with Crippen LogP contribution >= 0.6 is 11.6 Å². The second-order valence-electron chi connectivity index (χ2n) is 6.02. The lowest BCUT2D eigenvalue weighted by Gasteiger charge is -2.18. The lowest BCUT2D eigenvalue weighted by Crippen LogP contribution is -2.27. The molecule has 0 spiro atoms. The van der Waals surface area contributed by atoms with Crippen LogP contribution in [-0.2, 0) is 6.42 Å². The van der Waals surface area contributed by atoms with Crippen molar-refractivity contribution in [3.63, 3.8) is 0 Å². The normalized spacial score (nSPS) is 18.2. The molecule has 1 aliphatic heterocycles. The van der Waals surface area contributed by atoms with Gasteiger partial charge in [0.1, 0.15) is 11.5 Å². The predicted molar refractivity (Wildman–Crippen MR) is 106 cm³/mol. The first-order valence-electron chi connectivity index (χ1n) is 8.42. The Labute approximate surface area is 156 Å². The number of nitrogens with zero attached hydrogens (tertiary/aromatic N) is 5. The molecule has 1 fully saturated rings. The Bertz CT molecular complexity index is 874. The topological polar surface area (TPSA) is 105 Å². The molecule has 0 aromatic carbocycles. The summed E-state index contributed by atoms with van der Waals surface area (Å²) in [5, 5.41) is 1.43. The summed E-state index contributed by atoms with van der Waals surface area (Å²) in [6.07, 6.45) is 4.63. The monoisotopic (exact) mass is 375 g/mol. The van der Waals surface area contributed by atoms with Crippen LogP contribution in [0.4, 0.5) is 5.82 Å². The quantitative estimate of drug-likeness (QED) is 0.595. The molecule has 0 saturated carbocycles. The Morgan fingerprint density at radius 3 is 2.96 bits per heavy atom. The maximum absolute atomic E-state index is 6.57. The Hall–Kier alpha value is -2.45. The zero-order valence-electron chi connectivity index (χ0n) is 14.9. The zero-order chi connectivity index (χ0) is 18.7. The largest absolute Gasteiger partial charge is 0.421 e. The van der Waals surface area contributed by atoms with Gasteiger partial charge >= 0.3 is 6.01 Å². The standard InChI is InChI=1S/C17H22ClN7O/c1-4-12-14(18)13-15(22-12)23-17(26-11(7-20-2)8-21-3)24-16(13)25-6-5-10(19)9-25/h7-8,10H,2,4-6,9,19H2,1,3H3,(H,22,23,24)/b11-7+,21-8-/t10-/m1/s1. The number of hydrogen-bond donors (Lipinski definition) is 2. The summed E-state index contributed by atoms with van der Waals surface area (Å²) in [4.78, 5) is 22.1. The van der Waals surface area contributed by atoms with Crippen LogP contribution < -0.4 is 15.4 Å². The van der Waals surface area contributed by atoms with E-state index in [1.165, 1.54) is 12.4 Å². The van der Waals surface area contributed by atoms with E-state index in [9.17, 15) is 0 Å². The summed E-state index contributed by atoms with van der Waals surface area (Å²) in [7, 11) is 1.64. The molecule has 0 aliphatic carbocycles. The minimum absolute atomic E-state index is 0.111. The molecule has 1 aliphatic rings. The highest BCUT2D eigenvalue weighted by Gasteiger charge is 2.26. The van der Waals surface area contributed by atoms with Gasteiger partial charge in [-0.15, -0.1) is 0 Å². The molecule has 2 aromatic rings. The smallest absolute Gasteiger partial charge is 0.326 e. The first kappa shape index (κ1) is 18.3. The van der Waals surface area contributed by atoms with E-state index in [0.29, 0.717) is 23.0 Å². The first-order chi connectivity index (χ1) is 12.6. The van der Waals surface area contributed by atoms with Crippen molar-refractivity contribution in [2.45, 2.75) is 25.8 Å². The van der Waals surface area contributed by atoms with E-state index in [2.05, 4.69) is 36.6 Å². The summed E-state index contributed by atoms with van der Waals surface area (Å²) < 4.78 is 5.75. The Morgan fingerprint density at radius 1 is 1.54 bits per heavy atom. The highest BCUT2D eigenvalue weighted by molar-refractivity contribution is 6.37. The van der Waals surface area contributed by atoms with Crippen molar-refractivity contribution >= 4 is 41.4 Å². The van der Waals surface area contributed by atoms with Gasteiger partial charge in [-0.2, -0.15) is 9.97 Å². The van der Waals surface area contributed by atoms with Crippen molar-refractivity contribution < 1.29 is 4.74 Å². The van der Waals surface area contributed by atoms with Gasteiger partial charge in [-0.05, 0) is 19.6 Å². The summed E-state index contributed by atoms with van der Waals surface area (Å²) >= 11 is 6.57. The van der Waals surface area contributed by atoms with E-state index >= 15 is 0 Å². The van der Waals surface area contributed by atoms with Crippen molar-refractivity contribution in [1.82, 2.24) is 15.0 Å². The Morgan fingerprint density at radius 2 is 2.35 bits per heavy atom. The number of aromatic nitrogens is 3. The van der Waals surface area contributed by atoms with Crippen LogP contribution in [0, 0.1) is 0 Å². The fraction of sp³-hybridized carbons (Fsp3) is 0.412. The molecule has 1 atom stereocenters. The number of aryl methyl sites for hydroxylation is 1. The molecule has 0 unspecified atom stereocenters. The summed E-state index contributed by atoms with van der Waals surface area (Å²) in [6.45, 7) is 6.98. The van der Waals surface area contributed by atoms with Crippen LogP contribution in [0.2, 0.25) is 5.02 Å². The fourth-order valence-corrected chi connectivity index (χ4v) is 3.33. The molecule has 8 nitrogen and oxygen atoms in total.